The van der Waals surface area contributed by atoms with Crippen molar-refractivity contribution in [2.45, 2.75) is 71.9 Å². The van der Waals surface area contributed by atoms with Crippen LogP contribution in [0.25, 0.3) is 65.7 Å². The van der Waals surface area contributed by atoms with Crippen molar-refractivity contribution in [1.82, 2.24) is 0 Å². The average molecular weight is 709 g/mol. The van der Waals surface area contributed by atoms with Crippen LogP contribution in [0.15, 0.2) is 120 Å². The van der Waals surface area contributed by atoms with E-state index < -0.39 is 0 Å². The summed E-state index contributed by atoms with van der Waals surface area (Å²) < 4.78 is 13.6. The Hall–Kier alpha value is -5.32. The van der Waals surface area contributed by atoms with Crippen LogP contribution in [-0.2, 0) is 0 Å². The van der Waals surface area contributed by atoms with Gasteiger partial charge < -0.3 is 4.42 Å². The molecule has 4 heteroatoms. The lowest BCUT2D eigenvalue weighted by atomic mass is 9.75. The molecular formula is C49H44N2OS+2. The van der Waals surface area contributed by atoms with Gasteiger partial charge in [0.15, 0.2) is 30.1 Å². The minimum absolute atomic E-state index is 0.0279. The van der Waals surface area contributed by atoms with Crippen molar-refractivity contribution in [3.05, 3.63) is 154 Å². The van der Waals surface area contributed by atoms with Crippen molar-refractivity contribution in [3.63, 3.8) is 0 Å². The molecule has 0 saturated heterocycles. The second-order valence-corrected chi connectivity index (χ2v) is 16.8. The van der Waals surface area contributed by atoms with Gasteiger partial charge in [-0.1, -0.05) is 68.5 Å². The maximum Gasteiger partial charge on any atom is 0.217 e. The Morgan fingerprint density at radius 2 is 1.47 bits per heavy atom. The number of allylic oxidation sites excluding steroid dienone is 1. The number of hydrogen-bond acceptors (Lipinski definition) is 2. The molecule has 4 aromatic carbocycles. The third-order valence-electron chi connectivity index (χ3n) is 12.4. The number of pyridine rings is 2. The van der Waals surface area contributed by atoms with Crippen molar-refractivity contribution >= 4 is 43.4 Å². The minimum atomic E-state index is 0.0279. The van der Waals surface area contributed by atoms with E-state index in [1.807, 2.05) is 11.3 Å². The Morgan fingerprint density at radius 1 is 0.736 bits per heavy atom. The maximum absolute atomic E-state index is 7.20. The zero-order valence-corrected chi connectivity index (χ0v) is 32.1. The van der Waals surface area contributed by atoms with E-state index >= 15 is 0 Å². The van der Waals surface area contributed by atoms with E-state index in [1.54, 1.807) is 0 Å². The molecule has 4 aromatic heterocycles. The van der Waals surface area contributed by atoms with E-state index in [0.29, 0.717) is 5.92 Å². The van der Waals surface area contributed by atoms with E-state index in [9.17, 15) is 0 Å². The molecule has 53 heavy (non-hydrogen) atoms. The van der Waals surface area contributed by atoms with Gasteiger partial charge in [-0.2, -0.15) is 9.13 Å². The largest absolute Gasteiger partial charge is 0.454 e. The topological polar surface area (TPSA) is 20.9 Å². The van der Waals surface area contributed by atoms with Crippen LogP contribution in [0.4, 0.5) is 0 Å². The Labute approximate surface area is 315 Å². The highest BCUT2D eigenvalue weighted by molar-refractivity contribution is 7.20. The molecule has 3 nitrogen and oxygen atoms in total. The van der Waals surface area contributed by atoms with Crippen LogP contribution in [0.2, 0.25) is 0 Å². The molecule has 10 rings (SSSR count). The van der Waals surface area contributed by atoms with Crippen LogP contribution < -0.4 is 9.13 Å². The first-order valence-corrected chi connectivity index (χ1v) is 19.8. The highest BCUT2D eigenvalue weighted by Crippen LogP contribution is 2.53. The van der Waals surface area contributed by atoms with E-state index in [0.717, 1.165) is 17.6 Å². The zero-order chi connectivity index (χ0) is 36.3. The zero-order valence-electron chi connectivity index (χ0n) is 31.3. The van der Waals surface area contributed by atoms with E-state index in [4.69, 9.17) is 4.42 Å². The summed E-state index contributed by atoms with van der Waals surface area (Å²) in [6.07, 6.45) is 7.75. The van der Waals surface area contributed by atoms with Crippen LogP contribution in [0.5, 0.6) is 0 Å². The van der Waals surface area contributed by atoms with Gasteiger partial charge in [0.2, 0.25) is 11.4 Å². The van der Waals surface area contributed by atoms with Gasteiger partial charge in [0.1, 0.15) is 11.5 Å². The lowest BCUT2D eigenvalue weighted by molar-refractivity contribution is -0.745. The number of rotatable bonds is 5. The standard InChI is InChI=1S/C49H44N2OS/c1-8-14-41-44(34-18-10-9-17-33(34)40-19-11-12-24-50(40)41)46-37-23-22-35-36-21-20-32-30(6)31(7)53-49(32)48(36)52-47(35)45(37)42-25-38(27(2)3)39(26-51(42)46)43-28(4)15-13-16-29(43)5/h8-13,15-27,41,44,46H,1,14H2,2-7H3/q+2. The number of aryl methyl sites for hydroxylation is 4. The third kappa shape index (κ3) is 4.51. The van der Waals surface area contributed by atoms with Crippen molar-refractivity contribution in [3.8, 4) is 33.6 Å². The van der Waals surface area contributed by atoms with Gasteiger partial charge in [-0.25, -0.2) is 0 Å². The molecule has 0 bridgehead atoms. The molecule has 0 amide bonds. The van der Waals surface area contributed by atoms with Crippen molar-refractivity contribution in [2.24, 2.45) is 0 Å². The summed E-state index contributed by atoms with van der Waals surface area (Å²) in [7, 11) is 0. The molecule has 2 aliphatic heterocycles. The van der Waals surface area contributed by atoms with E-state index in [-0.39, 0.29) is 18.0 Å². The smallest absolute Gasteiger partial charge is 0.217 e. The van der Waals surface area contributed by atoms with Gasteiger partial charge in [0.25, 0.3) is 0 Å². The Bertz CT molecular complexity index is 2810. The molecule has 0 spiro atoms. The highest BCUT2D eigenvalue weighted by atomic mass is 32.1. The monoisotopic (exact) mass is 708 g/mol. The molecule has 8 aromatic rings. The molecule has 3 atom stereocenters. The van der Waals surface area contributed by atoms with Crippen LogP contribution >= 0.6 is 11.3 Å². The Kier molecular flexibility index (Phi) is 7.23. The predicted octanol–water partition coefficient (Wildman–Crippen LogP) is 12.6. The third-order valence-corrected chi connectivity index (χ3v) is 13.6. The summed E-state index contributed by atoms with van der Waals surface area (Å²) in [6, 6.07) is 34.4. The van der Waals surface area contributed by atoms with Gasteiger partial charge >= 0.3 is 0 Å². The number of fused-ring (bicyclic) bond motifs is 12. The first-order chi connectivity index (χ1) is 25.8. The Morgan fingerprint density at radius 3 is 2.26 bits per heavy atom. The molecule has 3 unspecified atom stereocenters. The molecule has 0 N–H and O–H groups in total. The van der Waals surface area contributed by atoms with Crippen molar-refractivity contribution in [1.29, 1.82) is 0 Å². The van der Waals surface area contributed by atoms with E-state index in [1.165, 1.54) is 92.8 Å². The number of nitrogens with zero attached hydrogens (tertiary/aromatic N) is 2. The number of hydrogen-bond donors (Lipinski definition) is 0. The highest BCUT2D eigenvalue weighted by Gasteiger charge is 2.53. The van der Waals surface area contributed by atoms with Gasteiger partial charge in [-0.3, -0.25) is 0 Å². The lowest BCUT2D eigenvalue weighted by Crippen LogP contribution is -2.53. The molecule has 0 saturated carbocycles. The minimum Gasteiger partial charge on any atom is -0.454 e. The number of thiophene rings is 1. The summed E-state index contributed by atoms with van der Waals surface area (Å²) in [5.74, 6) is 0.469. The predicted molar refractivity (Wildman–Crippen MR) is 220 cm³/mol. The summed E-state index contributed by atoms with van der Waals surface area (Å²) in [4.78, 5) is 1.35. The van der Waals surface area contributed by atoms with Crippen molar-refractivity contribution < 1.29 is 13.6 Å². The van der Waals surface area contributed by atoms with E-state index in [2.05, 4.69) is 167 Å². The van der Waals surface area contributed by atoms with Gasteiger partial charge in [0.05, 0.1) is 15.8 Å². The number of benzene rings is 4. The quantitative estimate of drug-likeness (QED) is 0.129. The summed E-state index contributed by atoms with van der Waals surface area (Å²) >= 11 is 1.85. The first kappa shape index (κ1) is 32.3. The maximum atomic E-state index is 7.20. The molecule has 2 aliphatic rings. The number of furan rings is 1. The fourth-order valence-corrected chi connectivity index (χ4v) is 11.0. The summed E-state index contributed by atoms with van der Waals surface area (Å²) in [6.45, 7) is 17.9. The lowest BCUT2D eigenvalue weighted by Gasteiger charge is -2.32. The second-order valence-electron chi connectivity index (χ2n) is 15.6. The summed E-state index contributed by atoms with van der Waals surface area (Å²) in [5, 5.41) is 3.68. The Balaban J connectivity index is 1.33. The molecule has 6 heterocycles. The average Bonchev–Trinajstić information content (AvgIpc) is 3.79. The van der Waals surface area contributed by atoms with Gasteiger partial charge in [-0.15, -0.1) is 17.9 Å². The van der Waals surface area contributed by atoms with Crippen LogP contribution in [0.3, 0.4) is 0 Å². The second kappa shape index (κ2) is 11.8. The first-order valence-electron chi connectivity index (χ1n) is 19.0. The van der Waals surface area contributed by atoms with Crippen LogP contribution in [0.1, 0.15) is 82.4 Å². The fourth-order valence-electron chi connectivity index (χ4n) is 9.86. The number of aromatic nitrogens is 2. The van der Waals surface area contributed by atoms with Gasteiger partial charge in [0, 0.05) is 51.4 Å². The molecule has 0 fully saturated rings. The molecule has 0 radical (unpaired) electrons. The SMILES string of the molecule is C=CCC1C(C2c3ccc4c(oc5c4ccc4c(C)c(C)sc45)c3-c3cc(C(C)C)c(-c4c(C)cccc4C)c[n+]32)c2ccccc2-c2cccc[n+]21. The molecule has 0 aliphatic carbocycles. The fraction of sp³-hybridized carbons (Fsp3) is 0.224. The van der Waals surface area contributed by atoms with Crippen molar-refractivity contribution in [2.75, 3.05) is 0 Å². The van der Waals surface area contributed by atoms with Crippen LogP contribution in [0, 0.1) is 27.7 Å². The summed E-state index contributed by atoms with van der Waals surface area (Å²) in [5.41, 5.74) is 17.8. The van der Waals surface area contributed by atoms with Gasteiger partial charge in [-0.05, 0) is 96.6 Å². The molecular weight excluding hydrogens is 665 g/mol. The normalized spacial score (nSPS) is 17.4. The van der Waals surface area contributed by atoms with Crippen LogP contribution in [-0.4, -0.2) is 0 Å². The molecule has 260 valence electrons.